The van der Waals surface area contributed by atoms with Crippen LogP contribution in [0.25, 0.3) is 0 Å². The first-order valence-electron chi connectivity index (χ1n) is 6.31. The van der Waals surface area contributed by atoms with Crippen LogP contribution in [0.2, 0.25) is 0 Å². The van der Waals surface area contributed by atoms with Crippen LogP contribution >= 0.6 is 0 Å². The van der Waals surface area contributed by atoms with E-state index in [0.717, 1.165) is 5.56 Å². The van der Waals surface area contributed by atoms with Crippen LogP contribution in [0.15, 0.2) is 29.2 Å². The first-order valence-corrected chi connectivity index (χ1v) is 7.86. The van der Waals surface area contributed by atoms with Crippen LogP contribution in [0.4, 0.5) is 0 Å². The largest absolute Gasteiger partial charge is 0.349 e. The predicted molar refractivity (Wildman–Crippen MR) is 77.2 cm³/mol. The summed E-state index contributed by atoms with van der Waals surface area (Å²) in [6.45, 7) is 5.35. The Labute approximate surface area is 119 Å². The van der Waals surface area contributed by atoms with Crippen molar-refractivity contribution in [3.05, 3.63) is 29.8 Å². The van der Waals surface area contributed by atoms with Crippen LogP contribution in [0, 0.1) is 5.92 Å². The van der Waals surface area contributed by atoms with Gasteiger partial charge in [0, 0.05) is 12.0 Å². The molecule has 0 radical (unpaired) electrons. The van der Waals surface area contributed by atoms with Crippen molar-refractivity contribution >= 4 is 15.9 Å². The molecular weight excluding hydrogens is 278 g/mol. The maximum absolute atomic E-state index is 11.9. The van der Waals surface area contributed by atoms with Crippen molar-refractivity contribution in [2.24, 2.45) is 16.8 Å². The third-order valence-corrected chi connectivity index (χ3v) is 4.20. The highest BCUT2D eigenvalue weighted by Crippen LogP contribution is 2.16. The van der Waals surface area contributed by atoms with Crippen LogP contribution in [0.3, 0.4) is 0 Å². The highest BCUT2D eigenvalue weighted by Gasteiger charge is 2.19. The minimum Gasteiger partial charge on any atom is -0.349 e. The predicted octanol–water partition coefficient (Wildman–Crippen LogP) is 0.495. The van der Waals surface area contributed by atoms with E-state index in [1.54, 1.807) is 26.0 Å². The number of nitrogens with one attached hydrogen (secondary N) is 1. The fraction of sp³-hybridized carbons (Fsp3) is 0.462. The van der Waals surface area contributed by atoms with Crippen LogP contribution in [-0.2, 0) is 14.8 Å². The molecule has 1 amide bonds. The topological polar surface area (TPSA) is 115 Å². The fourth-order valence-corrected chi connectivity index (χ4v) is 2.13. The van der Waals surface area contributed by atoms with Gasteiger partial charge < -0.3 is 11.1 Å². The van der Waals surface area contributed by atoms with E-state index in [0.29, 0.717) is 0 Å². The summed E-state index contributed by atoms with van der Waals surface area (Å²) in [5.41, 5.74) is 6.47. The molecule has 7 heteroatoms. The zero-order valence-corrected chi connectivity index (χ0v) is 12.6. The number of hydrogen-bond acceptors (Lipinski definition) is 4. The molecule has 3 unspecified atom stereocenters. The summed E-state index contributed by atoms with van der Waals surface area (Å²) >= 11 is 0. The van der Waals surface area contributed by atoms with E-state index >= 15 is 0 Å². The molecule has 0 saturated heterocycles. The first kappa shape index (κ1) is 16.6. The number of benzene rings is 1. The monoisotopic (exact) mass is 299 g/mol. The van der Waals surface area contributed by atoms with Gasteiger partial charge in [0.25, 0.3) is 0 Å². The summed E-state index contributed by atoms with van der Waals surface area (Å²) in [6.07, 6.45) is 0. The van der Waals surface area contributed by atoms with Crippen molar-refractivity contribution in [3.63, 3.8) is 0 Å². The number of carbonyl (C=O) groups excluding carboxylic acids is 1. The van der Waals surface area contributed by atoms with Gasteiger partial charge in [0.1, 0.15) is 0 Å². The Balaban J connectivity index is 2.79. The molecule has 0 bridgehead atoms. The van der Waals surface area contributed by atoms with Crippen LogP contribution in [-0.4, -0.2) is 20.4 Å². The van der Waals surface area contributed by atoms with Gasteiger partial charge >= 0.3 is 0 Å². The van der Waals surface area contributed by atoms with Gasteiger partial charge in [-0.05, 0) is 31.5 Å². The number of amides is 1. The molecular formula is C13H21N3O3S. The van der Waals surface area contributed by atoms with Crippen LogP contribution in [0.5, 0.6) is 0 Å². The molecule has 3 atom stereocenters. The molecule has 0 aliphatic carbocycles. The molecule has 0 heterocycles. The van der Waals surface area contributed by atoms with E-state index in [2.05, 4.69) is 5.32 Å². The molecule has 0 aliphatic rings. The molecule has 0 spiro atoms. The van der Waals surface area contributed by atoms with Gasteiger partial charge in [-0.1, -0.05) is 19.1 Å². The lowest BCUT2D eigenvalue weighted by atomic mass is 10.0. The molecule has 1 rings (SSSR count). The SMILES string of the molecule is CC(NC(=O)C(C)C(C)N)c1ccc(S(N)(=O)=O)cc1. The molecule has 6 nitrogen and oxygen atoms in total. The van der Waals surface area contributed by atoms with Crippen molar-refractivity contribution in [1.82, 2.24) is 5.32 Å². The maximum Gasteiger partial charge on any atom is 0.238 e. The minimum atomic E-state index is -3.70. The Morgan fingerprint density at radius 1 is 1.15 bits per heavy atom. The van der Waals surface area contributed by atoms with E-state index in [9.17, 15) is 13.2 Å². The Hall–Kier alpha value is -1.44. The summed E-state index contributed by atoms with van der Waals surface area (Å²) in [5.74, 6) is -0.427. The second kappa shape index (κ2) is 6.34. The lowest BCUT2D eigenvalue weighted by Gasteiger charge is -2.20. The standard InChI is InChI=1S/C13H21N3O3S/c1-8(9(2)14)13(17)16-10(3)11-4-6-12(7-5-11)20(15,18)19/h4-10H,14H2,1-3H3,(H,16,17)(H2,15,18,19). The van der Waals surface area contributed by atoms with Crippen LogP contribution in [0.1, 0.15) is 32.4 Å². The molecule has 112 valence electrons. The zero-order chi connectivity index (χ0) is 15.5. The summed E-state index contributed by atoms with van der Waals surface area (Å²) < 4.78 is 22.3. The molecule has 20 heavy (non-hydrogen) atoms. The molecule has 0 aliphatic heterocycles. The zero-order valence-electron chi connectivity index (χ0n) is 11.8. The van der Waals surface area contributed by atoms with Gasteiger partial charge in [-0.25, -0.2) is 13.6 Å². The summed E-state index contributed by atoms with van der Waals surface area (Å²) in [5, 5.41) is 7.86. The number of hydrogen-bond donors (Lipinski definition) is 3. The van der Waals surface area contributed by atoms with Crippen molar-refractivity contribution in [1.29, 1.82) is 0 Å². The molecule has 1 aromatic carbocycles. The highest BCUT2D eigenvalue weighted by molar-refractivity contribution is 7.89. The Morgan fingerprint density at radius 3 is 2.05 bits per heavy atom. The van der Waals surface area contributed by atoms with Gasteiger partial charge in [0.15, 0.2) is 0 Å². The second-order valence-electron chi connectivity index (χ2n) is 4.99. The van der Waals surface area contributed by atoms with E-state index in [4.69, 9.17) is 10.9 Å². The number of rotatable bonds is 5. The number of nitrogens with two attached hydrogens (primary N) is 2. The maximum atomic E-state index is 11.9. The first-order chi connectivity index (χ1) is 9.12. The van der Waals surface area contributed by atoms with Crippen molar-refractivity contribution in [3.8, 4) is 0 Å². The van der Waals surface area contributed by atoms with E-state index in [1.165, 1.54) is 12.1 Å². The number of carbonyl (C=O) groups is 1. The highest BCUT2D eigenvalue weighted by atomic mass is 32.2. The third-order valence-electron chi connectivity index (χ3n) is 3.27. The van der Waals surface area contributed by atoms with Gasteiger partial charge in [-0.3, -0.25) is 4.79 Å². The summed E-state index contributed by atoms with van der Waals surface area (Å²) in [4.78, 5) is 11.9. The van der Waals surface area contributed by atoms with Crippen molar-refractivity contribution in [2.45, 2.75) is 37.8 Å². The Bertz CT molecular complexity index is 567. The van der Waals surface area contributed by atoms with E-state index in [-0.39, 0.29) is 28.8 Å². The van der Waals surface area contributed by atoms with Crippen LogP contribution < -0.4 is 16.2 Å². The quantitative estimate of drug-likeness (QED) is 0.734. The number of sulfonamides is 1. The van der Waals surface area contributed by atoms with Crippen molar-refractivity contribution in [2.75, 3.05) is 0 Å². The van der Waals surface area contributed by atoms with E-state index in [1.807, 2.05) is 6.92 Å². The van der Waals surface area contributed by atoms with E-state index < -0.39 is 10.0 Å². The van der Waals surface area contributed by atoms with Gasteiger partial charge in [0.2, 0.25) is 15.9 Å². The summed E-state index contributed by atoms with van der Waals surface area (Å²) in [6, 6.07) is 5.62. The summed E-state index contributed by atoms with van der Waals surface area (Å²) in [7, 11) is -3.70. The smallest absolute Gasteiger partial charge is 0.238 e. The minimum absolute atomic E-state index is 0.0451. The van der Waals surface area contributed by atoms with Crippen molar-refractivity contribution < 1.29 is 13.2 Å². The average molecular weight is 299 g/mol. The Morgan fingerprint density at radius 2 is 1.65 bits per heavy atom. The average Bonchev–Trinajstić information content (AvgIpc) is 2.36. The Kier molecular flexibility index (Phi) is 5.27. The van der Waals surface area contributed by atoms with Gasteiger partial charge in [-0.2, -0.15) is 0 Å². The third kappa shape index (κ3) is 4.29. The second-order valence-corrected chi connectivity index (χ2v) is 6.55. The molecule has 0 fully saturated rings. The lowest BCUT2D eigenvalue weighted by Crippen LogP contribution is -2.39. The van der Waals surface area contributed by atoms with Gasteiger partial charge in [0.05, 0.1) is 10.9 Å². The van der Waals surface area contributed by atoms with Gasteiger partial charge in [-0.15, -0.1) is 0 Å². The molecule has 0 saturated carbocycles. The fourth-order valence-electron chi connectivity index (χ4n) is 1.61. The molecule has 5 N–H and O–H groups in total. The number of primary sulfonamides is 1. The lowest BCUT2D eigenvalue weighted by molar-refractivity contribution is -0.125. The molecule has 0 aromatic heterocycles. The normalized spacial score (nSPS) is 16.2. The molecule has 1 aromatic rings.